The Morgan fingerprint density at radius 2 is 1.96 bits per heavy atom. The van der Waals surface area contributed by atoms with Crippen molar-refractivity contribution >= 4 is 18.5 Å². The van der Waals surface area contributed by atoms with Gasteiger partial charge in [-0.25, -0.2) is 9.59 Å². The lowest BCUT2D eigenvalue weighted by Crippen LogP contribution is -2.42. The summed E-state index contributed by atoms with van der Waals surface area (Å²) >= 11 is 0. The first-order chi connectivity index (χ1) is 11.8. The van der Waals surface area contributed by atoms with Crippen molar-refractivity contribution < 1.29 is 23.9 Å². The van der Waals surface area contributed by atoms with Crippen LogP contribution in [0.15, 0.2) is 30.3 Å². The van der Waals surface area contributed by atoms with Gasteiger partial charge in [-0.15, -0.1) is 0 Å². The van der Waals surface area contributed by atoms with Gasteiger partial charge < -0.3 is 19.6 Å². The van der Waals surface area contributed by atoms with E-state index < -0.39 is 23.8 Å². The van der Waals surface area contributed by atoms with Gasteiger partial charge in [-0.1, -0.05) is 30.3 Å². The summed E-state index contributed by atoms with van der Waals surface area (Å²) in [6.45, 7) is 5.64. The molecule has 1 N–H and O–H groups in total. The molecular weight excluding hydrogens is 324 g/mol. The zero-order valence-corrected chi connectivity index (χ0v) is 14.7. The molecule has 1 saturated heterocycles. The van der Waals surface area contributed by atoms with Crippen molar-refractivity contribution in [1.29, 1.82) is 0 Å². The Morgan fingerprint density at radius 1 is 1.28 bits per heavy atom. The summed E-state index contributed by atoms with van der Waals surface area (Å²) in [6.07, 6.45) is -0.111. The fourth-order valence-electron chi connectivity index (χ4n) is 2.56. The summed E-state index contributed by atoms with van der Waals surface area (Å²) in [6, 6.07) is 8.35. The molecule has 1 aromatic carbocycles. The fourth-order valence-corrected chi connectivity index (χ4v) is 2.56. The van der Waals surface area contributed by atoms with Crippen LogP contribution in [0.5, 0.6) is 0 Å². The predicted octanol–water partition coefficient (Wildman–Crippen LogP) is 2.49. The van der Waals surface area contributed by atoms with Crippen LogP contribution >= 0.6 is 0 Å². The minimum atomic E-state index is -0.648. The van der Waals surface area contributed by atoms with Crippen LogP contribution in [0.3, 0.4) is 0 Å². The average molecular weight is 348 g/mol. The van der Waals surface area contributed by atoms with Gasteiger partial charge in [0.2, 0.25) is 0 Å². The Balaban J connectivity index is 1.85. The molecule has 25 heavy (non-hydrogen) atoms. The Labute approximate surface area is 147 Å². The first kappa shape index (κ1) is 18.8. The van der Waals surface area contributed by atoms with Crippen molar-refractivity contribution in [2.45, 2.75) is 51.5 Å². The van der Waals surface area contributed by atoms with Crippen LogP contribution in [0.1, 0.15) is 32.8 Å². The van der Waals surface area contributed by atoms with Gasteiger partial charge in [0.05, 0.1) is 12.1 Å². The van der Waals surface area contributed by atoms with E-state index in [1.165, 1.54) is 4.90 Å². The summed E-state index contributed by atoms with van der Waals surface area (Å²) in [4.78, 5) is 36.7. The lowest BCUT2D eigenvalue weighted by atomic mass is 10.2. The van der Waals surface area contributed by atoms with E-state index in [0.717, 1.165) is 5.56 Å². The number of amides is 2. The second-order valence-electron chi connectivity index (χ2n) is 6.97. The predicted molar refractivity (Wildman–Crippen MR) is 91.0 cm³/mol. The Kier molecular flexibility index (Phi) is 6.01. The molecule has 7 nitrogen and oxygen atoms in total. The summed E-state index contributed by atoms with van der Waals surface area (Å²) < 4.78 is 10.5. The SMILES string of the molecule is CC(C)(C)OC(=O)N1CC(NC(=O)OCc2ccccc2)C[C@@H]1C=O. The summed E-state index contributed by atoms with van der Waals surface area (Å²) in [5, 5.41) is 2.69. The van der Waals surface area contributed by atoms with E-state index in [1.54, 1.807) is 20.8 Å². The molecule has 1 unspecified atom stereocenters. The number of ether oxygens (including phenoxy) is 2. The smallest absolute Gasteiger partial charge is 0.410 e. The van der Waals surface area contributed by atoms with Crippen LogP contribution in [-0.2, 0) is 20.9 Å². The number of nitrogens with one attached hydrogen (secondary N) is 1. The van der Waals surface area contributed by atoms with Crippen LogP contribution in [0, 0.1) is 0 Å². The van der Waals surface area contributed by atoms with Crippen molar-refractivity contribution in [2.24, 2.45) is 0 Å². The normalized spacial score (nSPS) is 20.0. The van der Waals surface area contributed by atoms with Gasteiger partial charge in [0.15, 0.2) is 0 Å². The van der Waals surface area contributed by atoms with Crippen molar-refractivity contribution in [3.63, 3.8) is 0 Å². The molecule has 1 aliphatic rings. The minimum Gasteiger partial charge on any atom is -0.445 e. The molecule has 0 aliphatic carbocycles. The highest BCUT2D eigenvalue weighted by atomic mass is 16.6. The summed E-state index contributed by atoms with van der Waals surface area (Å²) in [5.41, 5.74) is 0.232. The fraction of sp³-hybridized carbons (Fsp3) is 0.500. The molecule has 0 spiro atoms. The van der Waals surface area contributed by atoms with Gasteiger partial charge in [-0.2, -0.15) is 0 Å². The second kappa shape index (κ2) is 8.00. The lowest BCUT2D eigenvalue weighted by Gasteiger charge is -2.26. The van der Waals surface area contributed by atoms with Gasteiger partial charge in [0.25, 0.3) is 0 Å². The molecule has 2 amide bonds. The first-order valence-electron chi connectivity index (χ1n) is 8.20. The minimum absolute atomic E-state index is 0.159. The molecule has 0 radical (unpaired) electrons. The van der Waals surface area contributed by atoms with E-state index in [9.17, 15) is 14.4 Å². The van der Waals surface area contributed by atoms with Crippen molar-refractivity contribution in [1.82, 2.24) is 10.2 Å². The molecule has 1 heterocycles. The lowest BCUT2D eigenvalue weighted by molar-refractivity contribution is -0.111. The molecular formula is C18H24N2O5. The number of hydrogen-bond acceptors (Lipinski definition) is 5. The largest absolute Gasteiger partial charge is 0.445 e. The van der Waals surface area contributed by atoms with Gasteiger partial charge in [-0.05, 0) is 32.8 Å². The zero-order valence-electron chi connectivity index (χ0n) is 14.7. The number of carbonyl (C=O) groups excluding carboxylic acids is 3. The maximum Gasteiger partial charge on any atom is 0.410 e. The van der Waals surface area contributed by atoms with Gasteiger partial charge in [0.1, 0.15) is 18.5 Å². The van der Waals surface area contributed by atoms with Gasteiger partial charge in [-0.3, -0.25) is 4.90 Å². The number of carbonyl (C=O) groups is 3. The first-order valence-corrected chi connectivity index (χ1v) is 8.20. The molecule has 2 atom stereocenters. The van der Waals surface area contributed by atoms with Crippen molar-refractivity contribution in [2.75, 3.05) is 6.54 Å². The van der Waals surface area contributed by atoms with E-state index >= 15 is 0 Å². The number of hydrogen-bond donors (Lipinski definition) is 1. The van der Waals surface area contributed by atoms with E-state index in [0.29, 0.717) is 12.7 Å². The highest BCUT2D eigenvalue weighted by Crippen LogP contribution is 2.20. The van der Waals surface area contributed by atoms with Crippen LogP contribution in [0.25, 0.3) is 0 Å². The second-order valence-corrected chi connectivity index (χ2v) is 6.97. The number of likely N-dealkylation sites (tertiary alicyclic amines) is 1. The van der Waals surface area contributed by atoms with Gasteiger partial charge in [0, 0.05) is 6.54 Å². The molecule has 1 aromatic rings. The number of aldehydes is 1. The molecule has 0 aromatic heterocycles. The molecule has 136 valence electrons. The number of nitrogens with zero attached hydrogens (tertiary/aromatic N) is 1. The van der Waals surface area contributed by atoms with Crippen LogP contribution in [-0.4, -0.2) is 47.6 Å². The Hall–Kier alpha value is -2.57. The van der Waals surface area contributed by atoms with E-state index in [4.69, 9.17) is 9.47 Å². The number of alkyl carbamates (subject to hydrolysis) is 1. The zero-order chi connectivity index (χ0) is 18.4. The molecule has 0 saturated carbocycles. The third-order valence-corrected chi connectivity index (χ3v) is 3.66. The summed E-state index contributed by atoms with van der Waals surface area (Å²) in [7, 11) is 0. The molecule has 2 rings (SSSR count). The van der Waals surface area contributed by atoms with E-state index in [2.05, 4.69) is 5.32 Å². The molecule has 1 aliphatic heterocycles. The molecule has 1 fully saturated rings. The third-order valence-electron chi connectivity index (χ3n) is 3.66. The molecule has 7 heteroatoms. The van der Waals surface area contributed by atoms with Crippen LogP contribution in [0.2, 0.25) is 0 Å². The van der Waals surface area contributed by atoms with E-state index in [-0.39, 0.29) is 19.2 Å². The standard InChI is InChI=1S/C18H24N2O5/c1-18(2,3)25-17(23)20-10-14(9-15(20)11-21)19-16(22)24-12-13-7-5-4-6-8-13/h4-8,11,14-15H,9-10,12H2,1-3H3,(H,19,22)/t14?,15-/m1/s1. The maximum atomic E-state index is 12.2. The van der Waals surface area contributed by atoms with Crippen molar-refractivity contribution in [3.05, 3.63) is 35.9 Å². The summed E-state index contributed by atoms with van der Waals surface area (Å²) in [5.74, 6) is 0. The monoisotopic (exact) mass is 348 g/mol. The van der Waals surface area contributed by atoms with Crippen molar-refractivity contribution in [3.8, 4) is 0 Å². The van der Waals surface area contributed by atoms with Crippen LogP contribution < -0.4 is 5.32 Å². The van der Waals surface area contributed by atoms with Gasteiger partial charge >= 0.3 is 12.2 Å². The average Bonchev–Trinajstić information content (AvgIpc) is 2.95. The Morgan fingerprint density at radius 3 is 2.56 bits per heavy atom. The highest BCUT2D eigenvalue weighted by molar-refractivity contribution is 5.75. The molecule has 0 bridgehead atoms. The number of rotatable bonds is 4. The maximum absolute atomic E-state index is 12.2. The number of benzene rings is 1. The van der Waals surface area contributed by atoms with Crippen LogP contribution in [0.4, 0.5) is 9.59 Å². The topological polar surface area (TPSA) is 84.9 Å². The quantitative estimate of drug-likeness (QED) is 0.845. The Bertz CT molecular complexity index is 612. The third kappa shape index (κ3) is 5.77. The highest BCUT2D eigenvalue weighted by Gasteiger charge is 2.38. The van der Waals surface area contributed by atoms with E-state index in [1.807, 2.05) is 30.3 Å².